The second-order valence-electron chi connectivity index (χ2n) is 8.03. The number of ketones is 1. The smallest absolute Gasteiger partial charge is 0.193 e. The first-order chi connectivity index (χ1) is 13.8. The van der Waals surface area contributed by atoms with Crippen molar-refractivity contribution >= 4 is 28.8 Å². The van der Waals surface area contributed by atoms with Crippen LogP contribution in [0, 0.1) is 0 Å². The molecule has 0 saturated heterocycles. The fourth-order valence-corrected chi connectivity index (χ4v) is 3.17. The molecule has 0 heterocycles. The fourth-order valence-electron chi connectivity index (χ4n) is 2.98. The van der Waals surface area contributed by atoms with E-state index in [4.69, 9.17) is 12.2 Å². The Morgan fingerprint density at radius 3 is 2.21 bits per heavy atom. The first-order valence-corrected chi connectivity index (χ1v) is 10.1. The van der Waals surface area contributed by atoms with E-state index in [0.29, 0.717) is 22.8 Å². The Labute approximate surface area is 178 Å². The van der Waals surface area contributed by atoms with Crippen molar-refractivity contribution in [3.8, 4) is 0 Å². The Bertz CT molecular complexity index is 989. The average molecular weight is 403 g/mol. The van der Waals surface area contributed by atoms with Crippen molar-refractivity contribution in [2.45, 2.75) is 32.7 Å². The van der Waals surface area contributed by atoms with Crippen molar-refractivity contribution in [2.75, 3.05) is 5.32 Å². The normalized spacial score (nSPS) is 11.0. The van der Waals surface area contributed by atoms with E-state index in [0.717, 1.165) is 11.3 Å². The van der Waals surface area contributed by atoms with Crippen LogP contribution in [-0.2, 0) is 12.0 Å². The van der Waals surface area contributed by atoms with Crippen LogP contribution in [-0.4, -0.2) is 10.9 Å². The van der Waals surface area contributed by atoms with E-state index in [2.05, 4.69) is 31.4 Å². The molecule has 0 bridgehead atoms. The van der Waals surface area contributed by atoms with Crippen molar-refractivity contribution in [2.24, 2.45) is 0 Å². The Morgan fingerprint density at radius 2 is 1.55 bits per heavy atom. The van der Waals surface area contributed by atoms with E-state index in [9.17, 15) is 4.79 Å². The molecule has 0 fully saturated rings. The number of nitrogens with one attached hydrogen (secondary N) is 2. The molecule has 0 spiro atoms. The summed E-state index contributed by atoms with van der Waals surface area (Å²) in [6, 6.07) is 25.3. The first-order valence-electron chi connectivity index (χ1n) is 9.67. The minimum absolute atomic E-state index is 0.00253. The highest BCUT2D eigenvalue weighted by atomic mass is 32.1. The molecule has 0 saturated carbocycles. The van der Waals surface area contributed by atoms with Gasteiger partial charge in [0, 0.05) is 23.4 Å². The van der Waals surface area contributed by atoms with Crippen LogP contribution in [0.25, 0.3) is 0 Å². The molecule has 4 heteroatoms. The van der Waals surface area contributed by atoms with Crippen LogP contribution in [0.3, 0.4) is 0 Å². The molecule has 2 N–H and O–H groups in total. The first kappa shape index (κ1) is 20.7. The van der Waals surface area contributed by atoms with E-state index < -0.39 is 0 Å². The Kier molecular flexibility index (Phi) is 6.45. The lowest BCUT2D eigenvalue weighted by Gasteiger charge is -2.19. The van der Waals surface area contributed by atoms with Gasteiger partial charge in [-0.05, 0) is 40.9 Å². The number of carbonyl (C=O) groups excluding carboxylic acids is 1. The summed E-state index contributed by atoms with van der Waals surface area (Å²) >= 11 is 5.38. The molecule has 3 aromatic rings. The second kappa shape index (κ2) is 9.01. The van der Waals surface area contributed by atoms with Gasteiger partial charge in [-0.3, -0.25) is 4.79 Å². The molecule has 29 heavy (non-hydrogen) atoms. The molecule has 0 unspecified atom stereocenters. The molecule has 148 valence electrons. The third-order valence-electron chi connectivity index (χ3n) is 4.69. The zero-order valence-electron chi connectivity index (χ0n) is 17.0. The van der Waals surface area contributed by atoms with Crippen molar-refractivity contribution < 1.29 is 4.79 Å². The highest BCUT2D eigenvalue weighted by molar-refractivity contribution is 7.80. The number of rotatable bonds is 5. The van der Waals surface area contributed by atoms with Gasteiger partial charge in [-0.15, -0.1) is 0 Å². The van der Waals surface area contributed by atoms with Crippen molar-refractivity contribution in [3.63, 3.8) is 0 Å². The van der Waals surface area contributed by atoms with Gasteiger partial charge in [0.1, 0.15) is 0 Å². The van der Waals surface area contributed by atoms with Crippen LogP contribution in [0.15, 0.2) is 78.9 Å². The minimum atomic E-state index is -0.00253. The molecule has 0 radical (unpaired) electrons. The third-order valence-corrected chi connectivity index (χ3v) is 4.94. The molecule has 0 aliphatic heterocycles. The van der Waals surface area contributed by atoms with Gasteiger partial charge in [-0.25, -0.2) is 0 Å². The highest BCUT2D eigenvalue weighted by Gasteiger charge is 2.15. The lowest BCUT2D eigenvalue weighted by atomic mass is 9.86. The van der Waals surface area contributed by atoms with Crippen molar-refractivity contribution in [1.82, 2.24) is 5.32 Å². The summed E-state index contributed by atoms with van der Waals surface area (Å²) in [5.41, 5.74) is 4.52. The van der Waals surface area contributed by atoms with E-state index in [1.807, 2.05) is 78.9 Å². The molecule has 0 amide bonds. The van der Waals surface area contributed by atoms with Crippen LogP contribution in [0.1, 0.15) is 47.8 Å². The predicted octanol–water partition coefficient (Wildman–Crippen LogP) is 5.70. The standard InChI is InChI=1S/C25H26N2OS/c1-25(2,3)21-14-12-19(13-15-21)23(28)20-10-7-11-22(16-20)27-24(29)26-17-18-8-5-4-6-9-18/h4-16H,17H2,1-3H3,(H2,26,27,29). The largest absolute Gasteiger partial charge is 0.358 e. The summed E-state index contributed by atoms with van der Waals surface area (Å²) in [4.78, 5) is 12.9. The summed E-state index contributed by atoms with van der Waals surface area (Å²) in [7, 11) is 0. The van der Waals surface area contributed by atoms with Gasteiger partial charge in [0.05, 0.1) is 0 Å². The van der Waals surface area contributed by atoms with Gasteiger partial charge in [0.25, 0.3) is 0 Å². The Morgan fingerprint density at radius 1 is 0.862 bits per heavy atom. The fraction of sp³-hybridized carbons (Fsp3) is 0.200. The summed E-state index contributed by atoms with van der Waals surface area (Å²) in [6.07, 6.45) is 0. The second-order valence-corrected chi connectivity index (χ2v) is 8.44. The lowest BCUT2D eigenvalue weighted by Crippen LogP contribution is -2.27. The molecular formula is C25H26N2OS. The zero-order valence-corrected chi connectivity index (χ0v) is 17.8. The Balaban J connectivity index is 1.65. The molecule has 0 aliphatic carbocycles. The van der Waals surface area contributed by atoms with Crippen LogP contribution in [0.2, 0.25) is 0 Å². The minimum Gasteiger partial charge on any atom is -0.358 e. The molecule has 0 aromatic heterocycles. The van der Waals surface area contributed by atoms with E-state index in [-0.39, 0.29) is 11.2 Å². The molecule has 0 aliphatic rings. The molecule has 0 atom stereocenters. The zero-order chi connectivity index (χ0) is 20.9. The number of thiocarbonyl (C=S) groups is 1. The summed E-state index contributed by atoms with van der Waals surface area (Å²) in [5, 5.41) is 6.86. The van der Waals surface area contributed by atoms with Gasteiger partial charge in [-0.1, -0.05) is 87.5 Å². The van der Waals surface area contributed by atoms with Gasteiger partial charge < -0.3 is 10.6 Å². The van der Waals surface area contributed by atoms with Gasteiger partial charge in [0.15, 0.2) is 10.9 Å². The SMILES string of the molecule is CC(C)(C)c1ccc(C(=O)c2cccc(NC(=S)NCc3ccccc3)c2)cc1. The molecule has 3 aromatic carbocycles. The predicted molar refractivity (Wildman–Crippen MR) is 125 cm³/mol. The van der Waals surface area contributed by atoms with Crippen molar-refractivity contribution in [3.05, 3.63) is 101 Å². The van der Waals surface area contributed by atoms with Crippen LogP contribution in [0.5, 0.6) is 0 Å². The molecular weight excluding hydrogens is 376 g/mol. The number of hydrogen-bond acceptors (Lipinski definition) is 2. The van der Waals surface area contributed by atoms with Crippen molar-refractivity contribution in [1.29, 1.82) is 0 Å². The van der Waals surface area contributed by atoms with Gasteiger partial charge >= 0.3 is 0 Å². The lowest BCUT2D eigenvalue weighted by molar-refractivity contribution is 0.103. The number of anilines is 1. The van der Waals surface area contributed by atoms with E-state index in [1.54, 1.807) is 0 Å². The maximum absolute atomic E-state index is 12.9. The van der Waals surface area contributed by atoms with Gasteiger partial charge in [-0.2, -0.15) is 0 Å². The molecule has 3 rings (SSSR count). The quantitative estimate of drug-likeness (QED) is 0.424. The maximum Gasteiger partial charge on any atom is 0.193 e. The topological polar surface area (TPSA) is 41.1 Å². The highest BCUT2D eigenvalue weighted by Crippen LogP contribution is 2.23. The van der Waals surface area contributed by atoms with Crippen LogP contribution < -0.4 is 10.6 Å². The van der Waals surface area contributed by atoms with Crippen LogP contribution in [0.4, 0.5) is 5.69 Å². The summed E-state index contributed by atoms with van der Waals surface area (Å²) in [5.74, 6) is -0.00253. The third kappa shape index (κ3) is 5.75. The summed E-state index contributed by atoms with van der Waals surface area (Å²) < 4.78 is 0. The van der Waals surface area contributed by atoms with E-state index >= 15 is 0 Å². The maximum atomic E-state index is 12.9. The van der Waals surface area contributed by atoms with Crippen LogP contribution >= 0.6 is 12.2 Å². The van der Waals surface area contributed by atoms with E-state index in [1.165, 1.54) is 5.56 Å². The monoisotopic (exact) mass is 402 g/mol. The van der Waals surface area contributed by atoms with Gasteiger partial charge in [0.2, 0.25) is 0 Å². The number of carbonyl (C=O) groups is 1. The number of benzene rings is 3. The average Bonchev–Trinajstić information content (AvgIpc) is 2.72. The summed E-state index contributed by atoms with van der Waals surface area (Å²) in [6.45, 7) is 7.13. The number of hydrogen-bond donors (Lipinski definition) is 2. The molecule has 3 nitrogen and oxygen atoms in total. The Hall–Kier alpha value is -2.98.